The van der Waals surface area contributed by atoms with E-state index in [-0.39, 0.29) is 0 Å². The zero-order chi connectivity index (χ0) is 9.26. The minimum atomic E-state index is 0.352. The van der Waals surface area contributed by atoms with Gasteiger partial charge in [-0.15, -0.1) is 10.2 Å². The summed E-state index contributed by atoms with van der Waals surface area (Å²) in [6, 6.07) is 7.34. The normalized spacial score (nSPS) is 10.2. The Hall–Kier alpha value is -1.29. The smallest absolute Gasteiger partial charge is 0.170 e. The van der Waals surface area contributed by atoms with E-state index in [0.29, 0.717) is 12.0 Å². The van der Waals surface area contributed by atoms with Gasteiger partial charge in [-0.2, -0.15) is 0 Å². The molecule has 0 aliphatic rings. The molecule has 0 fully saturated rings. The third-order valence-electron chi connectivity index (χ3n) is 1.69. The average Bonchev–Trinajstić information content (AvgIpc) is 2.16. The highest BCUT2D eigenvalue weighted by Crippen LogP contribution is 2.17. The molecule has 0 bridgehead atoms. The van der Waals surface area contributed by atoms with E-state index < -0.39 is 0 Å². The van der Waals surface area contributed by atoms with E-state index in [4.69, 9.17) is 0 Å². The number of halogens is 1. The second-order valence-corrected chi connectivity index (χ2v) is 3.51. The van der Waals surface area contributed by atoms with Crippen LogP contribution in [0.5, 0.6) is 0 Å². The lowest BCUT2D eigenvalue weighted by Crippen LogP contribution is -1.90. The minimum Gasteiger partial charge on any atom is -0.296 e. The second kappa shape index (κ2) is 3.22. The highest BCUT2D eigenvalue weighted by molar-refractivity contribution is 9.10. The molecule has 1 aromatic heterocycles. The third kappa shape index (κ3) is 1.58. The Morgan fingerprint density at radius 3 is 2.85 bits per heavy atom. The molecule has 0 saturated heterocycles. The first kappa shape index (κ1) is 8.31. The predicted molar refractivity (Wildman–Crippen MR) is 52.6 cm³/mol. The lowest BCUT2D eigenvalue weighted by atomic mass is 10.2. The largest absolute Gasteiger partial charge is 0.296 e. The van der Waals surface area contributed by atoms with Crippen LogP contribution in [0.4, 0.5) is 0 Å². The summed E-state index contributed by atoms with van der Waals surface area (Å²) >= 11 is 3.34. The molecule has 3 nitrogen and oxygen atoms in total. The number of rotatable bonds is 1. The molecular weight excluding hydrogens is 232 g/mol. The van der Waals surface area contributed by atoms with Crippen LogP contribution in [0, 0.1) is 0 Å². The zero-order valence-electron chi connectivity index (χ0n) is 6.57. The molecule has 0 aliphatic carbocycles. The maximum atomic E-state index is 10.4. The van der Waals surface area contributed by atoms with Crippen LogP contribution in [0.1, 0.15) is 10.5 Å². The fourth-order valence-electron chi connectivity index (χ4n) is 1.09. The van der Waals surface area contributed by atoms with Crippen molar-refractivity contribution in [2.24, 2.45) is 0 Å². The van der Waals surface area contributed by atoms with E-state index in [0.717, 1.165) is 15.4 Å². The quantitative estimate of drug-likeness (QED) is 0.714. The summed E-state index contributed by atoms with van der Waals surface area (Å²) < 4.78 is 0.963. The van der Waals surface area contributed by atoms with Crippen LogP contribution >= 0.6 is 15.9 Å². The first-order chi connectivity index (χ1) is 6.29. The van der Waals surface area contributed by atoms with Crippen molar-refractivity contribution in [2.75, 3.05) is 0 Å². The third-order valence-corrected chi connectivity index (χ3v) is 2.18. The van der Waals surface area contributed by atoms with E-state index in [1.54, 1.807) is 6.07 Å². The Balaban J connectivity index is 2.74. The van der Waals surface area contributed by atoms with Crippen LogP contribution in [0.25, 0.3) is 10.9 Å². The van der Waals surface area contributed by atoms with Gasteiger partial charge < -0.3 is 0 Å². The van der Waals surface area contributed by atoms with Crippen molar-refractivity contribution in [3.8, 4) is 0 Å². The van der Waals surface area contributed by atoms with Crippen LogP contribution in [-0.2, 0) is 0 Å². The Morgan fingerprint density at radius 1 is 1.23 bits per heavy atom. The van der Waals surface area contributed by atoms with Gasteiger partial charge in [0.15, 0.2) is 6.29 Å². The Bertz CT molecular complexity index is 470. The molecule has 2 aromatic rings. The molecule has 0 N–H and O–H groups in total. The highest BCUT2D eigenvalue weighted by Gasteiger charge is 1.98. The van der Waals surface area contributed by atoms with Crippen LogP contribution in [0.15, 0.2) is 28.7 Å². The number of fused-ring (bicyclic) bond motifs is 1. The molecule has 0 aliphatic heterocycles. The van der Waals surface area contributed by atoms with Gasteiger partial charge in [-0.1, -0.05) is 15.9 Å². The monoisotopic (exact) mass is 236 g/mol. The minimum absolute atomic E-state index is 0.352. The summed E-state index contributed by atoms with van der Waals surface area (Å²) in [6.45, 7) is 0. The van der Waals surface area contributed by atoms with E-state index in [9.17, 15) is 4.79 Å². The van der Waals surface area contributed by atoms with Crippen molar-refractivity contribution in [3.05, 3.63) is 34.4 Å². The number of carbonyl (C=O) groups excluding carboxylic acids is 1. The summed E-state index contributed by atoms with van der Waals surface area (Å²) in [5, 5.41) is 8.52. The van der Waals surface area contributed by atoms with Gasteiger partial charge in [0.25, 0.3) is 0 Å². The standard InChI is InChI=1S/C9H5BrN2O/c10-7-1-2-9-6(3-7)4-8(5-13)11-12-9/h1-5H. The molecule has 0 saturated carbocycles. The van der Waals surface area contributed by atoms with E-state index in [1.165, 1.54) is 0 Å². The summed E-state index contributed by atoms with van der Waals surface area (Å²) in [7, 11) is 0. The van der Waals surface area contributed by atoms with Crippen molar-refractivity contribution in [1.29, 1.82) is 0 Å². The number of hydrogen-bond donors (Lipinski definition) is 0. The molecule has 4 heteroatoms. The molecule has 0 atom stereocenters. The first-order valence-corrected chi connectivity index (χ1v) is 4.47. The molecule has 0 spiro atoms. The van der Waals surface area contributed by atoms with Crippen LogP contribution in [0.3, 0.4) is 0 Å². The van der Waals surface area contributed by atoms with Crippen molar-refractivity contribution in [2.45, 2.75) is 0 Å². The maximum absolute atomic E-state index is 10.4. The zero-order valence-corrected chi connectivity index (χ0v) is 8.15. The lowest BCUT2D eigenvalue weighted by Gasteiger charge is -1.96. The van der Waals surface area contributed by atoms with Gasteiger partial charge >= 0.3 is 0 Å². The van der Waals surface area contributed by atoms with Gasteiger partial charge in [-0.3, -0.25) is 4.79 Å². The van der Waals surface area contributed by atoms with Gasteiger partial charge in [-0.05, 0) is 24.3 Å². The topological polar surface area (TPSA) is 42.9 Å². The second-order valence-electron chi connectivity index (χ2n) is 2.59. The molecule has 1 heterocycles. The van der Waals surface area contributed by atoms with Crippen molar-refractivity contribution < 1.29 is 4.79 Å². The summed E-state index contributed by atoms with van der Waals surface area (Å²) in [4.78, 5) is 10.4. The maximum Gasteiger partial charge on any atom is 0.170 e. The van der Waals surface area contributed by atoms with Gasteiger partial charge in [0, 0.05) is 9.86 Å². The predicted octanol–water partition coefficient (Wildman–Crippen LogP) is 2.20. The number of hydrogen-bond acceptors (Lipinski definition) is 3. The van der Waals surface area contributed by atoms with Crippen LogP contribution in [0.2, 0.25) is 0 Å². The summed E-state index contributed by atoms with van der Waals surface area (Å²) in [5.41, 5.74) is 1.14. The van der Waals surface area contributed by atoms with Gasteiger partial charge in [0.2, 0.25) is 0 Å². The summed E-state index contributed by atoms with van der Waals surface area (Å²) in [6.07, 6.45) is 0.688. The van der Waals surface area contributed by atoms with Gasteiger partial charge in [0.05, 0.1) is 5.52 Å². The number of aromatic nitrogens is 2. The Morgan fingerprint density at radius 2 is 2.08 bits per heavy atom. The van der Waals surface area contributed by atoms with E-state index >= 15 is 0 Å². The van der Waals surface area contributed by atoms with Gasteiger partial charge in [-0.25, -0.2) is 0 Å². The Kier molecular flexibility index (Phi) is 2.06. The van der Waals surface area contributed by atoms with Crippen molar-refractivity contribution >= 4 is 33.1 Å². The molecule has 0 amide bonds. The fraction of sp³-hybridized carbons (Fsp3) is 0. The fourth-order valence-corrected chi connectivity index (χ4v) is 1.47. The number of carbonyl (C=O) groups is 1. The molecular formula is C9H5BrN2O. The van der Waals surface area contributed by atoms with Crippen molar-refractivity contribution in [1.82, 2.24) is 10.2 Å². The molecule has 2 rings (SSSR count). The number of benzene rings is 1. The van der Waals surface area contributed by atoms with Crippen LogP contribution in [-0.4, -0.2) is 16.5 Å². The first-order valence-electron chi connectivity index (χ1n) is 3.68. The van der Waals surface area contributed by atoms with Crippen molar-refractivity contribution in [3.63, 3.8) is 0 Å². The molecule has 64 valence electrons. The summed E-state index contributed by atoms with van der Waals surface area (Å²) in [5.74, 6) is 0. The van der Waals surface area contributed by atoms with Gasteiger partial charge in [0.1, 0.15) is 5.69 Å². The molecule has 0 unspecified atom stereocenters. The lowest BCUT2D eigenvalue weighted by molar-refractivity contribution is 0.111. The molecule has 1 aromatic carbocycles. The van der Waals surface area contributed by atoms with Crippen LogP contribution < -0.4 is 0 Å². The average molecular weight is 237 g/mol. The number of aldehydes is 1. The van der Waals surface area contributed by atoms with E-state index in [2.05, 4.69) is 26.1 Å². The highest BCUT2D eigenvalue weighted by atomic mass is 79.9. The SMILES string of the molecule is O=Cc1cc2cc(Br)ccc2nn1. The Labute approximate surface area is 82.9 Å². The van der Waals surface area contributed by atoms with E-state index in [1.807, 2.05) is 18.2 Å². The molecule has 13 heavy (non-hydrogen) atoms. The number of nitrogens with zero attached hydrogens (tertiary/aromatic N) is 2. The molecule has 0 radical (unpaired) electrons.